The lowest BCUT2D eigenvalue weighted by Crippen LogP contribution is -2.17. The van der Waals surface area contributed by atoms with Crippen LogP contribution in [0.1, 0.15) is 23.4 Å². The third-order valence-electron chi connectivity index (χ3n) is 2.53. The second kappa shape index (κ2) is 5.62. The third kappa shape index (κ3) is 2.94. The van der Waals surface area contributed by atoms with Gasteiger partial charge in [0, 0.05) is 21.9 Å². The van der Waals surface area contributed by atoms with E-state index in [2.05, 4.69) is 63.9 Å². The van der Waals surface area contributed by atoms with E-state index in [-0.39, 0.29) is 0 Å². The van der Waals surface area contributed by atoms with Crippen LogP contribution in [0.4, 0.5) is 0 Å². The summed E-state index contributed by atoms with van der Waals surface area (Å²) in [5, 5.41) is 5.63. The molecule has 1 heterocycles. The molecule has 0 aliphatic rings. The maximum Gasteiger partial charge on any atom is 0.0306 e. The van der Waals surface area contributed by atoms with Gasteiger partial charge in [-0.25, -0.2) is 0 Å². The van der Waals surface area contributed by atoms with Gasteiger partial charge in [0.25, 0.3) is 0 Å². The zero-order chi connectivity index (χ0) is 11.4. The van der Waals surface area contributed by atoms with Gasteiger partial charge in [0.05, 0.1) is 0 Å². The first-order valence-corrected chi connectivity index (χ1v) is 6.95. The van der Waals surface area contributed by atoms with Gasteiger partial charge in [-0.1, -0.05) is 40.2 Å². The molecule has 16 heavy (non-hydrogen) atoms. The average Bonchev–Trinajstić information content (AvgIpc) is 2.79. The van der Waals surface area contributed by atoms with Crippen LogP contribution in [0.15, 0.2) is 46.3 Å². The second-order valence-electron chi connectivity index (χ2n) is 3.70. The summed E-state index contributed by atoms with van der Waals surface area (Å²) in [4.78, 5) is 1.37. The van der Waals surface area contributed by atoms with E-state index >= 15 is 0 Å². The van der Waals surface area contributed by atoms with Crippen LogP contribution < -0.4 is 5.32 Å². The topological polar surface area (TPSA) is 12.0 Å². The first-order valence-electron chi connectivity index (χ1n) is 5.27. The maximum absolute atomic E-state index is 3.58. The number of thiophene rings is 1. The molecule has 1 N–H and O–H groups in total. The highest BCUT2D eigenvalue weighted by Gasteiger charge is 2.07. The maximum atomic E-state index is 3.58. The lowest BCUT2D eigenvalue weighted by Gasteiger charge is -2.15. The minimum Gasteiger partial charge on any atom is -0.305 e. The molecular weight excluding hydrogens is 282 g/mol. The lowest BCUT2D eigenvalue weighted by molar-refractivity contribution is 0.577. The van der Waals surface area contributed by atoms with E-state index in [1.807, 2.05) is 6.07 Å². The molecule has 0 amide bonds. The zero-order valence-corrected chi connectivity index (χ0v) is 11.5. The fourth-order valence-electron chi connectivity index (χ4n) is 1.60. The summed E-state index contributed by atoms with van der Waals surface area (Å²) in [5.41, 5.74) is 1.30. The molecule has 84 valence electrons. The molecule has 2 aromatic rings. The summed E-state index contributed by atoms with van der Waals surface area (Å²) in [6.45, 7) is 3.12. The number of hydrogen-bond acceptors (Lipinski definition) is 2. The molecule has 1 nitrogen and oxygen atoms in total. The highest BCUT2D eigenvalue weighted by Crippen LogP contribution is 2.23. The van der Waals surface area contributed by atoms with Crippen LogP contribution >= 0.6 is 27.3 Å². The normalized spacial score (nSPS) is 12.6. The molecule has 1 aromatic heterocycles. The van der Waals surface area contributed by atoms with Crippen LogP contribution in [-0.2, 0) is 6.54 Å². The minimum atomic E-state index is 0.359. The first kappa shape index (κ1) is 11.8. The Morgan fingerprint density at radius 1 is 1.25 bits per heavy atom. The molecular formula is C13H14BrNS. The monoisotopic (exact) mass is 295 g/mol. The molecule has 0 radical (unpaired) electrons. The van der Waals surface area contributed by atoms with E-state index in [9.17, 15) is 0 Å². The first-order chi connectivity index (χ1) is 7.77. The third-order valence-corrected chi connectivity index (χ3v) is 4.13. The van der Waals surface area contributed by atoms with Crippen molar-refractivity contribution in [1.29, 1.82) is 0 Å². The standard InChI is InChI=1S/C13H14BrNS/c1-10(12-6-2-3-7-13(12)14)15-9-11-5-4-8-16-11/h2-8,10,15H,9H2,1H3/t10-/m0/s1. The van der Waals surface area contributed by atoms with Crippen LogP contribution in [0, 0.1) is 0 Å². The van der Waals surface area contributed by atoms with Crippen LogP contribution in [0.3, 0.4) is 0 Å². The Bertz CT molecular complexity index is 439. The lowest BCUT2D eigenvalue weighted by atomic mass is 10.1. The zero-order valence-electron chi connectivity index (χ0n) is 9.11. The summed E-state index contributed by atoms with van der Waals surface area (Å²) in [7, 11) is 0. The summed E-state index contributed by atoms with van der Waals surface area (Å²) in [6, 6.07) is 12.9. The second-order valence-corrected chi connectivity index (χ2v) is 5.59. The van der Waals surface area contributed by atoms with Crippen LogP contribution in [-0.4, -0.2) is 0 Å². The van der Waals surface area contributed by atoms with Crippen molar-refractivity contribution in [2.24, 2.45) is 0 Å². The minimum absolute atomic E-state index is 0.359. The van der Waals surface area contributed by atoms with Gasteiger partial charge in [0.15, 0.2) is 0 Å². The molecule has 0 bridgehead atoms. The Balaban J connectivity index is 1.98. The Hall–Kier alpha value is -0.640. The van der Waals surface area contributed by atoms with Gasteiger partial charge in [-0.05, 0) is 30.0 Å². The molecule has 1 aromatic carbocycles. The predicted molar refractivity (Wildman–Crippen MR) is 73.7 cm³/mol. The van der Waals surface area contributed by atoms with Crippen molar-refractivity contribution in [3.63, 3.8) is 0 Å². The van der Waals surface area contributed by atoms with E-state index in [1.165, 1.54) is 14.9 Å². The Labute approximate surface area is 109 Å². The van der Waals surface area contributed by atoms with Gasteiger partial charge in [-0.2, -0.15) is 0 Å². The molecule has 2 rings (SSSR count). The number of hydrogen-bond donors (Lipinski definition) is 1. The highest BCUT2D eigenvalue weighted by atomic mass is 79.9. The molecule has 0 saturated carbocycles. The predicted octanol–water partition coefficient (Wildman–Crippen LogP) is 4.36. The molecule has 0 spiro atoms. The molecule has 0 saturated heterocycles. The number of nitrogens with one attached hydrogen (secondary N) is 1. The van der Waals surface area contributed by atoms with Crippen LogP contribution in [0.25, 0.3) is 0 Å². The van der Waals surface area contributed by atoms with E-state index in [0.29, 0.717) is 6.04 Å². The van der Waals surface area contributed by atoms with Crippen LogP contribution in [0.2, 0.25) is 0 Å². The summed E-state index contributed by atoms with van der Waals surface area (Å²) in [5.74, 6) is 0. The van der Waals surface area contributed by atoms with Crippen molar-refractivity contribution in [2.45, 2.75) is 19.5 Å². The van der Waals surface area contributed by atoms with Crippen molar-refractivity contribution in [2.75, 3.05) is 0 Å². The van der Waals surface area contributed by atoms with Gasteiger partial charge in [-0.3, -0.25) is 0 Å². The molecule has 0 aliphatic carbocycles. The fourth-order valence-corrected chi connectivity index (χ4v) is 2.89. The van der Waals surface area contributed by atoms with E-state index in [1.54, 1.807) is 11.3 Å². The van der Waals surface area contributed by atoms with E-state index in [0.717, 1.165) is 6.54 Å². The van der Waals surface area contributed by atoms with Gasteiger partial charge >= 0.3 is 0 Å². The van der Waals surface area contributed by atoms with Crippen molar-refractivity contribution >= 4 is 27.3 Å². The van der Waals surface area contributed by atoms with Crippen molar-refractivity contribution in [3.8, 4) is 0 Å². The Morgan fingerprint density at radius 3 is 2.75 bits per heavy atom. The molecule has 1 atom stereocenters. The van der Waals surface area contributed by atoms with Crippen molar-refractivity contribution < 1.29 is 0 Å². The van der Waals surface area contributed by atoms with Crippen molar-refractivity contribution in [3.05, 3.63) is 56.7 Å². The summed E-state index contributed by atoms with van der Waals surface area (Å²) >= 11 is 5.37. The molecule has 0 unspecified atom stereocenters. The molecule has 0 fully saturated rings. The number of halogens is 1. The van der Waals surface area contributed by atoms with Crippen molar-refractivity contribution in [1.82, 2.24) is 5.32 Å². The average molecular weight is 296 g/mol. The van der Waals surface area contributed by atoms with E-state index in [4.69, 9.17) is 0 Å². The number of benzene rings is 1. The van der Waals surface area contributed by atoms with Gasteiger partial charge < -0.3 is 5.32 Å². The van der Waals surface area contributed by atoms with E-state index < -0.39 is 0 Å². The quantitative estimate of drug-likeness (QED) is 0.884. The fraction of sp³-hybridized carbons (Fsp3) is 0.231. The summed E-state index contributed by atoms with van der Waals surface area (Å²) in [6.07, 6.45) is 0. The van der Waals surface area contributed by atoms with Gasteiger partial charge in [0.2, 0.25) is 0 Å². The highest BCUT2D eigenvalue weighted by molar-refractivity contribution is 9.10. The SMILES string of the molecule is C[C@H](NCc1cccs1)c1ccccc1Br. The Morgan fingerprint density at radius 2 is 2.06 bits per heavy atom. The van der Waals surface area contributed by atoms with Gasteiger partial charge in [-0.15, -0.1) is 11.3 Å². The number of rotatable bonds is 4. The van der Waals surface area contributed by atoms with Gasteiger partial charge in [0.1, 0.15) is 0 Å². The molecule has 3 heteroatoms. The largest absolute Gasteiger partial charge is 0.305 e. The molecule has 0 aliphatic heterocycles. The summed E-state index contributed by atoms with van der Waals surface area (Å²) < 4.78 is 1.17. The van der Waals surface area contributed by atoms with Crippen LogP contribution in [0.5, 0.6) is 0 Å². The Kier molecular flexibility index (Phi) is 4.16. The smallest absolute Gasteiger partial charge is 0.0306 e.